The van der Waals surface area contributed by atoms with Crippen molar-refractivity contribution in [3.63, 3.8) is 0 Å². The minimum Gasteiger partial charge on any atom is -0.481 e. The fraction of sp³-hybridized carbons (Fsp3) is 0.556. The molecule has 1 aromatic rings. The van der Waals surface area contributed by atoms with Crippen LogP contribution in [0.15, 0.2) is 28.7 Å². The van der Waals surface area contributed by atoms with Gasteiger partial charge in [0.15, 0.2) is 0 Å². The highest BCUT2D eigenvalue weighted by Crippen LogP contribution is 2.37. The van der Waals surface area contributed by atoms with Crippen LogP contribution in [0.1, 0.15) is 50.1 Å². The van der Waals surface area contributed by atoms with E-state index < -0.39 is 5.97 Å². The lowest BCUT2D eigenvalue weighted by Crippen LogP contribution is -2.38. The number of hydrogen-bond donors (Lipinski definition) is 1. The number of benzene rings is 1. The number of hydrogen-bond acceptors (Lipinski definition) is 2. The predicted octanol–water partition coefficient (Wildman–Crippen LogP) is 4.00. The van der Waals surface area contributed by atoms with Crippen molar-refractivity contribution in [1.82, 2.24) is 4.90 Å². The third kappa shape index (κ3) is 3.60. The normalized spacial score (nSPS) is 27.9. The zero-order chi connectivity index (χ0) is 16.4. The van der Waals surface area contributed by atoms with Gasteiger partial charge < -0.3 is 10.0 Å². The number of nitrogens with zero attached hydrogens (tertiary/aromatic N) is 1. The molecule has 1 aliphatic heterocycles. The molecule has 1 N–H and O–H groups in total. The van der Waals surface area contributed by atoms with E-state index in [2.05, 4.69) is 28.1 Å². The number of amides is 1. The van der Waals surface area contributed by atoms with Gasteiger partial charge in [0, 0.05) is 16.9 Å². The number of carbonyl (C=O) groups is 2. The van der Waals surface area contributed by atoms with Crippen LogP contribution in [-0.2, 0) is 9.59 Å². The lowest BCUT2D eigenvalue weighted by atomic mass is 9.81. The molecule has 0 radical (unpaired) electrons. The molecule has 1 aliphatic carbocycles. The fourth-order valence-electron chi connectivity index (χ4n) is 3.91. The molecule has 2 aliphatic rings. The summed E-state index contributed by atoms with van der Waals surface area (Å²) < 4.78 is 1.04. The van der Waals surface area contributed by atoms with Crippen molar-refractivity contribution in [3.8, 4) is 0 Å². The second kappa shape index (κ2) is 7.04. The quantitative estimate of drug-likeness (QED) is 0.862. The maximum absolute atomic E-state index is 12.9. The Hall–Kier alpha value is -1.36. The first-order valence-electron chi connectivity index (χ1n) is 8.35. The van der Waals surface area contributed by atoms with E-state index in [1.165, 1.54) is 5.56 Å². The number of carboxylic acids is 1. The van der Waals surface area contributed by atoms with Crippen LogP contribution in [0.3, 0.4) is 0 Å². The molecule has 4 nitrogen and oxygen atoms in total. The fourth-order valence-corrected chi connectivity index (χ4v) is 4.33. The molecule has 0 spiro atoms. The third-order valence-electron chi connectivity index (χ3n) is 5.19. The standard InChI is InChI=1S/C18H22BrNO3/c19-15-4-1-3-14(11-15)16-5-2-10-20(16)17(21)12-6-8-13(9-7-12)18(22)23/h1,3-4,11-13,16H,2,5-10H2,(H,22,23). The molecule has 1 atom stereocenters. The van der Waals surface area contributed by atoms with E-state index in [4.69, 9.17) is 5.11 Å². The molecular formula is C18H22BrNO3. The second-order valence-electron chi connectivity index (χ2n) is 6.63. The van der Waals surface area contributed by atoms with E-state index in [1.54, 1.807) is 0 Å². The van der Waals surface area contributed by atoms with E-state index in [-0.39, 0.29) is 23.8 Å². The van der Waals surface area contributed by atoms with Gasteiger partial charge in [-0.1, -0.05) is 28.1 Å². The molecule has 3 rings (SSSR count). The number of likely N-dealkylation sites (tertiary alicyclic amines) is 1. The summed E-state index contributed by atoms with van der Waals surface area (Å²) in [7, 11) is 0. The van der Waals surface area contributed by atoms with Crippen molar-refractivity contribution >= 4 is 27.8 Å². The zero-order valence-electron chi connectivity index (χ0n) is 13.1. The SMILES string of the molecule is O=C(O)C1CCC(C(=O)N2CCCC2c2cccc(Br)c2)CC1. The number of halogens is 1. The van der Waals surface area contributed by atoms with Crippen molar-refractivity contribution in [1.29, 1.82) is 0 Å². The average molecular weight is 380 g/mol. The van der Waals surface area contributed by atoms with E-state index >= 15 is 0 Å². The summed E-state index contributed by atoms with van der Waals surface area (Å²) in [6.45, 7) is 0.814. The summed E-state index contributed by atoms with van der Waals surface area (Å²) >= 11 is 3.50. The van der Waals surface area contributed by atoms with Gasteiger partial charge in [0.2, 0.25) is 5.91 Å². The van der Waals surface area contributed by atoms with Crippen LogP contribution >= 0.6 is 15.9 Å². The molecular weight excluding hydrogens is 358 g/mol. The van der Waals surface area contributed by atoms with Gasteiger partial charge in [0.1, 0.15) is 0 Å². The largest absolute Gasteiger partial charge is 0.481 e. The molecule has 1 unspecified atom stereocenters. The summed E-state index contributed by atoms with van der Waals surface area (Å²) in [6.07, 6.45) is 4.71. The molecule has 1 amide bonds. The van der Waals surface area contributed by atoms with Crippen molar-refractivity contribution in [2.24, 2.45) is 11.8 Å². The highest BCUT2D eigenvalue weighted by molar-refractivity contribution is 9.10. The molecule has 0 aromatic heterocycles. The van der Waals surface area contributed by atoms with Crippen LogP contribution in [0.4, 0.5) is 0 Å². The topological polar surface area (TPSA) is 57.6 Å². The first-order chi connectivity index (χ1) is 11.1. The van der Waals surface area contributed by atoms with E-state index in [1.807, 2.05) is 17.0 Å². The molecule has 124 valence electrons. The minimum atomic E-state index is -0.718. The zero-order valence-corrected chi connectivity index (χ0v) is 14.7. The summed E-state index contributed by atoms with van der Waals surface area (Å²) in [6, 6.07) is 8.35. The van der Waals surface area contributed by atoms with Gasteiger partial charge in [-0.15, -0.1) is 0 Å². The van der Waals surface area contributed by atoms with Gasteiger partial charge in [-0.25, -0.2) is 0 Å². The number of carboxylic acid groups (broad SMARTS) is 1. The van der Waals surface area contributed by atoms with Crippen LogP contribution in [0.2, 0.25) is 0 Å². The molecule has 1 saturated carbocycles. The van der Waals surface area contributed by atoms with Gasteiger partial charge >= 0.3 is 5.97 Å². The first-order valence-corrected chi connectivity index (χ1v) is 9.14. The van der Waals surface area contributed by atoms with Crippen molar-refractivity contribution < 1.29 is 14.7 Å². The molecule has 1 saturated heterocycles. The average Bonchev–Trinajstić information content (AvgIpc) is 3.04. The van der Waals surface area contributed by atoms with Crippen LogP contribution in [0.25, 0.3) is 0 Å². The maximum Gasteiger partial charge on any atom is 0.306 e. The van der Waals surface area contributed by atoms with Gasteiger partial charge in [0.05, 0.1) is 12.0 Å². The summed E-state index contributed by atoms with van der Waals surface area (Å²) in [5.74, 6) is -0.766. The van der Waals surface area contributed by atoms with Crippen molar-refractivity contribution in [2.45, 2.75) is 44.6 Å². The number of carbonyl (C=O) groups excluding carboxylic acids is 1. The monoisotopic (exact) mass is 379 g/mol. The Morgan fingerprint density at radius 1 is 1.09 bits per heavy atom. The van der Waals surface area contributed by atoms with E-state index in [0.29, 0.717) is 25.7 Å². The summed E-state index contributed by atoms with van der Waals surface area (Å²) in [4.78, 5) is 26.0. The van der Waals surface area contributed by atoms with E-state index in [9.17, 15) is 9.59 Å². The molecule has 1 aromatic carbocycles. The van der Waals surface area contributed by atoms with Gasteiger partial charge in [-0.2, -0.15) is 0 Å². The lowest BCUT2D eigenvalue weighted by molar-refractivity contribution is -0.146. The molecule has 5 heteroatoms. The Labute approximate surface area is 145 Å². The van der Waals surface area contributed by atoms with Crippen molar-refractivity contribution in [3.05, 3.63) is 34.3 Å². The van der Waals surface area contributed by atoms with Crippen LogP contribution in [0, 0.1) is 11.8 Å². The molecule has 1 heterocycles. The van der Waals surface area contributed by atoms with E-state index in [0.717, 1.165) is 23.9 Å². The maximum atomic E-state index is 12.9. The Bertz CT molecular complexity index is 596. The Morgan fingerprint density at radius 2 is 1.78 bits per heavy atom. The lowest BCUT2D eigenvalue weighted by Gasteiger charge is -2.32. The highest BCUT2D eigenvalue weighted by Gasteiger charge is 2.36. The minimum absolute atomic E-state index is 0.00153. The third-order valence-corrected chi connectivity index (χ3v) is 5.69. The Kier molecular flexibility index (Phi) is 5.05. The first kappa shape index (κ1) is 16.5. The Morgan fingerprint density at radius 3 is 2.43 bits per heavy atom. The Balaban J connectivity index is 1.68. The smallest absolute Gasteiger partial charge is 0.306 e. The van der Waals surface area contributed by atoms with Crippen molar-refractivity contribution in [2.75, 3.05) is 6.54 Å². The van der Waals surface area contributed by atoms with Gasteiger partial charge in [-0.3, -0.25) is 9.59 Å². The second-order valence-corrected chi connectivity index (χ2v) is 7.55. The molecule has 0 bridgehead atoms. The molecule has 2 fully saturated rings. The number of rotatable bonds is 3. The highest BCUT2D eigenvalue weighted by atomic mass is 79.9. The van der Waals surface area contributed by atoms with Gasteiger partial charge in [0.25, 0.3) is 0 Å². The predicted molar refractivity (Wildman–Crippen MR) is 90.9 cm³/mol. The number of aliphatic carboxylic acids is 1. The summed E-state index contributed by atoms with van der Waals surface area (Å²) in [5.41, 5.74) is 1.18. The summed E-state index contributed by atoms with van der Waals surface area (Å²) in [5, 5.41) is 9.09. The van der Waals surface area contributed by atoms with Crippen LogP contribution in [0.5, 0.6) is 0 Å². The van der Waals surface area contributed by atoms with Crippen LogP contribution in [-0.4, -0.2) is 28.4 Å². The molecule has 23 heavy (non-hydrogen) atoms. The van der Waals surface area contributed by atoms with Crippen LogP contribution < -0.4 is 0 Å². The van der Waals surface area contributed by atoms with Gasteiger partial charge in [-0.05, 0) is 56.2 Å².